The predicted octanol–water partition coefficient (Wildman–Crippen LogP) is 4.22. The summed E-state index contributed by atoms with van der Waals surface area (Å²) < 4.78 is 0.192. The molecule has 1 aromatic carbocycles. The number of hydrogen-bond acceptors (Lipinski definition) is 2. The van der Waals surface area contributed by atoms with Crippen LogP contribution in [0.2, 0.25) is 0 Å². The van der Waals surface area contributed by atoms with E-state index in [1.165, 1.54) is 0 Å². The molecule has 0 radical (unpaired) electrons. The Morgan fingerprint density at radius 2 is 1.77 bits per heavy atom. The number of carbonyl (C=O) groups is 2. The van der Waals surface area contributed by atoms with Gasteiger partial charge in [0.1, 0.15) is 0 Å². The first kappa shape index (κ1) is 17.2. The summed E-state index contributed by atoms with van der Waals surface area (Å²) in [5.41, 5.74) is 3.11. The van der Waals surface area contributed by atoms with Crippen molar-refractivity contribution in [1.82, 2.24) is 5.32 Å². The molecule has 0 saturated heterocycles. The zero-order valence-corrected chi connectivity index (χ0v) is 15.6. The molecule has 0 fully saturated rings. The van der Waals surface area contributed by atoms with E-state index in [0.29, 0.717) is 17.2 Å². The molecule has 22 heavy (non-hydrogen) atoms. The van der Waals surface area contributed by atoms with Gasteiger partial charge in [0.05, 0.1) is 5.70 Å². The third-order valence-corrected chi connectivity index (χ3v) is 6.00. The van der Waals surface area contributed by atoms with Crippen LogP contribution in [0.1, 0.15) is 50.0 Å². The lowest BCUT2D eigenvalue weighted by Crippen LogP contribution is -2.31. The lowest BCUT2D eigenvalue weighted by Gasteiger charge is -2.21. The van der Waals surface area contributed by atoms with E-state index in [0.717, 1.165) is 17.6 Å². The molecule has 2 atom stereocenters. The second-order valence-corrected chi connectivity index (χ2v) is 7.44. The van der Waals surface area contributed by atoms with E-state index >= 15 is 0 Å². The van der Waals surface area contributed by atoms with Crippen molar-refractivity contribution in [3.8, 4) is 0 Å². The lowest BCUT2D eigenvalue weighted by molar-refractivity contribution is -0.123. The van der Waals surface area contributed by atoms with E-state index < -0.39 is 0 Å². The van der Waals surface area contributed by atoms with Crippen LogP contribution in [0.4, 0.5) is 0 Å². The second-order valence-electron chi connectivity index (χ2n) is 6.09. The van der Waals surface area contributed by atoms with Gasteiger partial charge in [-0.25, -0.2) is 0 Å². The van der Waals surface area contributed by atoms with E-state index in [4.69, 9.17) is 0 Å². The average Bonchev–Trinajstić information content (AvgIpc) is 2.78. The number of Topliss-reactive ketones (excluding diaryl/α,β-unsaturated/α-hetero) is 1. The number of fused-ring (bicyclic) bond motifs is 1. The molecule has 0 aromatic heterocycles. The summed E-state index contributed by atoms with van der Waals surface area (Å²) in [7, 11) is 0. The highest BCUT2D eigenvalue weighted by Crippen LogP contribution is 2.40. The second kappa shape index (κ2) is 6.94. The minimum absolute atomic E-state index is 0.0652. The van der Waals surface area contributed by atoms with Gasteiger partial charge in [0.25, 0.3) is 0 Å². The molecule has 0 saturated carbocycles. The van der Waals surface area contributed by atoms with Gasteiger partial charge in [-0.05, 0) is 11.5 Å². The number of benzene rings is 1. The summed E-state index contributed by atoms with van der Waals surface area (Å²) in [4.78, 5) is 24.8. The molecule has 1 aliphatic rings. The van der Waals surface area contributed by atoms with Crippen molar-refractivity contribution in [3.63, 3.8) is 0 Å². The molecule has 1 aliphatic carbocycles. The van der Waals surface area contributed by atoms with Gasteiger partial charge in [-0.1, -0.05) is 81.0 Å². The van der Waals surface area contributed by atoms with Gasteiger partial charge in [-0.2, -0.15) is 0 Å². The first-order valence-corrected chi connectivity index (χ1v) is 8.96. The molecule has 2 unspecified atom stereocenters. The number of ketones is 1. The Hall–Kier alpha value is -1.17. The molecule has 118 valence electrons. The van der Waals surface area contributed by atoms with Crippen LogP contribution >= 0.6 is 22.6 Å². The van der Waals surface area contributed by atoms with Crippen molar-refractivity contribution < 1.29 is 9.59 Å². The number of hydrogen-bond donors (Lipinski definition) is 1. The number of allylic oxidation sites excluding steroid dienone is 2. The molecule has 1 amide bonds. The molecule has 2 rings (SSSR count). The Morgan fingerprint density at radius 3 is 2.32 bits per heavy atom. The fourth-order valence-corrected chi connectivity index (χ4v) is 3.63. The number of alkyl halides is 1. The molecule has 0 spiro atoms. The van der Waals surface area contributed by atoms with Crippen LogP contribution in [0.15, 0.2) is 30.0 Å². The van der Waals surface area contributed by atoms with Crippen LogP contribution in [-0.4, -0.2) is 15.6 Å². The summed E-state index contributed by atoms with van der Waals surface area (Å²) in [6.07, 6.45) is 1.03. The van der Waals surface area contributed by atoms with E-state index in [2.05, 4.69) is 41.8 Å². The molecule has 1 N–H and O–H groups in total. The zero-order valence-electron chi connectivity index (χ0n) is 13.4. The molecule has 0 heterocycles. The number of carbonyl (C=O) groups excluding carboxylic acids is 2. The highest BCUT2D eigenvalue weighted by Gasteiger charge is 2.35. The van der Waals surface area contributed by atoms with Crippen molar-refractivity contribution in [2.75, 3.05) is 0 Å². The van der Waals surface area contributed by atoms with Crippen molar-refractivity contribution >= 4 is 39.9 Å². The third-order valence-electron chi connectivity index (χ3n) is 4.15. The SMILES string of the molecule is CCC(C)C(I)C1=C(NC(=O)C(C)C)C(=O)c2ccccc21. The Bertz CT molecular complexity index is 634. The molecule has 0 bridgehead atoms. The molecule has 3 nitrogen and oxygen atoms in total. The minimum Gasteiger partial charge on any atom is -0.322 e. The average molecular weight is 411 g/mol. The summed E-state index contributed by atoms with van der Waals surface area (Å²) in [6.45, 7) is 7.99. The van der Waals surface area contributed by atoms with Crippen LogP contribution in [0.5, 0.6) is 0 Å². The van der Waals surface area contributed by atoms with Gasteiger partial charge >= 0.3 is 0 Å². The van der Waals surface area contributed by atoms with Crippen molar-refractivity contribution in [1.29, 1.82) is 0 Å². The maximum absolute atomic E-state index is 12.7. The quantitative estimate of drug-likeness (QED) is 0.583. The van der Waals surface area contributed by atoms with E-state index in [-0.39, 0.29) is 21.5 Å². The van der Waals surface area contributed by atoms with Gasteiger partial charge < -0.3 is 5.32 Å². The highest BCUT2D eigenvalue weighted by molar-refractivity contribution is 14.1. The topological polar surface area (TPSA) is 46.2 Å². The maximum atomic E-state index is 12.7. The van der Waals surface area contributed by atoms with Crippen LogP contribution in [-0.2, 0) is 4.79 Å². The smallest absolute Gasteiger partial charge is 0.227 e. The zero-order chi connectivity index (χ0) is 16.4. The summed E-state index contributed by atoms with van der Waals surface area (Å²) in [6, 6.07) is 7.63. The first-order chi connectivity index (χ1) is 10.4. The number of rotatable bonds is 5. The van der Waals surface area contributed by atoms with Crippen molar-refractivity contribution in [2.45, 2.75) is 38.0 Å². The maximum Gasteiger partial charge on any atom is 0.227 e. The molecule has 4 heteroatoms. The van der Waals surface area contributed by atoms with Crippen LogP contribution in [0.25, 0.3) is 5.57 Å². The fraction of sp³-hybridized carbons (Fsp3) is 0.444. The number of nitrogens with one attached hydrogen (secondary N) is 1. The van der Waals surface area contributed by atoms with Crippen molar-refractivity contribution in [3.05, 3.63) is 41.1 Å². The van der Waals surface area contributed by atoms with Gasteiger partial charge in [0.15, 0.2) is 0 Å². The summed E-state index contributed by atoms with van der Waals surface area (Å²) in [5.74, 6) is 0.105. The predicted molar refractivity (Wildman–Crippen MR) is 97.9 cm³/mol. The Kier molecular flexibility index (Phi) is 5.42. The standard InChI is InChI=1S/C18H22INO2/c1-5-11(4)15(19)14-12-8-6-7-9-13(12)17(21)16(14)20-18(22)10(2)3/h6-11,15H,5H2,1-4H3,(H,20,21,22). The number of amides is 1. The molecule has 0 aliphatic heterocycles. The monoisotopic (exact) mass is 411 g/mol. The fourth-order valence-electron chi connectivity index (χ4n) is 2.48. The normalized spacial score (nSPS) is 16.7. The molecular formula is C18H22INO2. The van der Waals surface area contributed by atoms with Crippen molar-refractivity contribution in [2.24, 2.45) is 11.8 Å². The van der Waals surface area contributed by atoms with E-state index in [1.807, 2.05) is 38.1 Å². The Balaban J connectivity index is 2.52. The van der Waals surface area contributed by atoms with E-state index in [9.17, 15) is 9.59 Å². The Morgan fingerprint density at radius 1 is 1.18 bits per heavy atom. The van der Waals surface area contributed by atoms with Gasteiger partial charge in [-0.15, -0.1) is 0 Å². The summed E-state index contributed by atoms with van der Waals surface area (Å²) >= 11 is 2.39. The number of halogens is 1. The lowest BCUT2D eigenvalue weighted by atomic mass is 9.94. The first-order valence-electron chi connectivity index (χ1n) is 7.71. The van der Waals surface area contributed by atoms with Crippen LogP contribution < -0.4 is 5.32 Å². The largest absolute Gasteiger partial charge is 0.322 e. The van der Waals surface area contributed by atoms with E-state index in [1.54, 1.807) is 0 Å². The van der Waals surface area contributed by atoms with Crippen LogP contribution in [0.3, 0.4) is 0 Å². The third kappa shape index (κ3) is 3.12. The Labute approximate surface area is 145 Å². The summed E-state index contributed by atoms with van der Waals surface area (Å²) in [5, 5.41) is 2.87. The molecule has 1 aromatic rings. The molecular weight excluding hydrogens is 389 g/mol. The van der Waals surface area contributed by atoms with Gasteiger partial charge in [-0.3, -0.25) is 9.59 Å². The van der Waals surface area contributed by atoms with Gasteiger partial charge in [0.2, 0.25) is 11.7 Å². The van der Waals surface area contributed by atoms with Crippen LogP contribution in [0, 0.1) is 11.8 Å². The highest BCUT2D eigenvalue weighted by atomic mass is 127. The van der Waals surface area contributed by atoms with Gasteiger partial charge in [0, 0.05) is 21.0 Å². The minimum atomic E-state index is -0.151.